The van der Waals surface area contributed by atoms with Gasteiger partial charge in [0.1, 0.15) is 5.71 Å². The fraction of sp³-hybridized carbons (Fsp3) is 0.286. The number of carbonyl (C=O) groups excluding carboxylic acids is 2. The number of hydrogen-bond donors (Lipinski definition) is 2. The Hall–Kier alpha value is -2.45. The van der Waals surface area contributed by atoms with Gasteiger partial charge in [-0.25, -0.2) is 0 Å². The molecule has 2 amide bonds. The van der Waals surface area contributed by atoms with Gasteiger partial charge in [0.15, 0.2) is 0 Å². The first-order valence-electron chi connectivity index (χ1n) is 9.45. The standard InChI is InChI=1S/C21H15Cl3F3N3O3S/c1-3-4-28-16(31)9-29-19(32)18-10(2)5-15(34-18)14-8-20(33-30-14,21(25,26)27)11-6-12(22)17(24)13(23)7-11/h1,5-7H,4,8-9H2,2H3,(H,28,31)(H,29,32)/t20-/m0/s1. The van der Waals surface area contributed by atoms with Crippen LogP contribution in [0.3, 0.4) is 0 Å². The molecule has 0 radical (unpaired) electrons. The lowest BCUT2D eigenvalue weighted by atomic mass is 9.88. The summed E-state index contributed by atoms with van der Waals surface area (Å²) in [7, 11) is 0. The van der Waals surface area contributed by atoms with Crippen LogP contribution in [0.1, 0.15) is 32.1 Å². The number of hydrogen-bond acceptors (Lipinski definition) is 5. The fourth-order valence-electron chi connectivity index (χ4n) is 3.13. The molecule has 0 unspecified atom stereocenters. The molecule has 1 aromatic heterocycles. The summed E-state index contributed by atoms with van der Waals surface area (Å²) in [4.78, 5) is 29.6. The maximum atomic E-state index is 14.2. The van der Waals surface area contributed by atoms with Crippen molar-refractivity contribution in [3.8, 4) is 12.3 Å². The number of benzene rings is 1. The molecule has 34 heavy (non-hydrogen) atoms. The number of nitrogens with one attached hydrogen (secondary N) is 2. The summed E-state index contributed by atoms with van der Waals surface area (Å²) in [5, 5.41) is 8.10. The smallest absolute Gasteiger partial charge is 0.374 e. The summed E-state index contributed by atoms with van der Waals surface area (Å²) >= 11 is 18.7. The highest BCUT2D eigenvalue weighted by molar-refractivity contribution is 7.16. The molecule has 180 valence electrons. The third kappa shape index (κ3) is 5.13. The molecular weight excluding hydrogens is 538 g/mol. The van der Waals surface area contributed by atoms with Gasteiger partial charge in [-0.2, -0.15) is 13.2 Å². The number of rotatable bonds is 6. The number of aryl methyl sites for hydroxylation is 1. The van der Waals surface area contributed by atoms with Crippen molar-refractivity contribution in [1.82, 2.24) is 10.6 Å². The van der Waals surface area contributed by atoms with Crippen LogP contribution in [0.5, 0.6) is 0 Å². The summed E-state index contributed by atoms with van der Waals surface area (Å²) in [6, 6.07) is 3.59. The van der Waals surface area contributed by atoms with Crippen molar-refractivity contribution in [2.45, 2.75) is 25.1 Å². The van der Waals surface area contributed by atoms with Gasteiger partial charge < -0.3 is 15.5 Å². The van der Waals surface area contributed by atoms with Crippen LogP contribution in [-0.4, -0.2) is 36.8 Å². The number of carbonyl (C=O) groups is 2. The van der Waals surface area contributed by atoms with Crippen molar-refractivity contribution >= 4 is 63.7 Å². The topological polar surface area (TPSA) is 79.8 Å². The SMILES string of the molecule is C#CCNC(=O)CNC(=O)c1sc(C2=NO[C@@](c3cc(Cl)c(Cl)c(Cl)c3)(C(F)(F)F)C2)cc1C. The Morgan fingerprint density at radius 2 is 1.88 bits per heavy atom. The average Bonchev–Trinajstić information content (AvgIpc) is 3.38. The second kappa shape index (κ2) is 10.0. The molecule has 1 aromatic carbocycles. The molecule has 1 aliphatic rings. The number of nitrogens with zero attached hydrogens (tertiary/aromatic N) is 1. The van der Waals surface area contributed by atoms with Gasteiger partial charge in [0, 0.05) is 5.56 Å². The molecule has 1 aliphatic heterocycles. The fourth-order valence-corrected chi connectivity index (χ4v) is 4.79. The molecule has 6 nitrogen and oxygen atoms in total. The minimum Gasteiger partial charge on any atom is -0.374 e. The molecule has 0 fully saturated rings. The van der Waals surface area contributed by atoms with Gasteiger partial charge >= 0.3 is 6.18 Å². The number of amides is 2. The maximum Gasteiger partial charge on any atom is 0.435 e. The second-order valence-corrected chi connectivity index (χ2v) is 9.42. The summed E-state index contributed by atoms with van der Waals surface area (Å²) < 4.78 is 42.6. The summed E-state index contributed by atoms with van der Waals surface area (Å²) in [6.07, 6.45) is -0.509. The van der Waals surface area contributed by atoms with E-state index in [0.29, 0.717) is 10.4 Å². The molecule has 0 aliphatic carbocycles. The number of halogens is 6. The van der Waals surface area contributed by atoms with E-state index in [9.17, 15) is 22.8 Å². The van der Waals surface area contributed by atoms with Gasteiger partial charge in [0.25, 0.3) is 11.5 Å². The number of alkyl halides is 3. The number of thiophene rings is 1. The van der Waals surface area contributed by atoms with E-state index in [1.807, 2.05) is 0 Å². The zero-order valence-corrected chi connectivity index (χ0v) is 20.4. The van der Waals surface area contributed by atoms with Crippen molar-refractivity contribution < 1.29 is 27.6 Å². The van der Waals surface area contributed by atoms with E-state index >= 15 is 0 Å². The minimum atomic E-state index is -4.88. The van der Waals surface area contributed by atoms with Crippen LogP contribution >= 0.6 is 46.1 Å². The quantitative estimate of drug-likeness (QED) is 0.388. The average molecular weight is 553 g/mol. The highest BCUT2D eigenvalue weighted by Crippen LogP contribution is 2.51. The normalized spacial score (nSPS) is 17.5. The largest absolute Gasteiger partial charge is 0.435 e. The molecule has 2 heterocycles. The van der Waals surface area contributed by atoms with Crippen molar-refractivity contribution in [2.75, 3.05) is 13.1 Å². The van der Waals surface area contributed by atoms with Gasteiger partial charge in [-0.05, 0) is 30.7 Å². The van der Waals surface area contributed by atoms with Crippen LogP contribution in [0.15, 0.2) is 23.4 Å². The Morgan fingerprint density at radius 3 is 2.47 bits per heavy atom. The molecule has 3 rings (SSSR count). The lowest BCUT2D eigenvalue weighted by Crippen LogP contribution is -2.42. The highest BCUT2D eigenvalue weighted by Gasteiger charge is 2.62. The Bertz CT molecular complexity index is 1200. The van der Waals surface area contributed by atoms with E-state index in [1.54, 1.807) is 6.92 Å². The predicted molar refractivity (Wildman–Crippen MR) is 125 cm³/mol. The lowest BCUT2D eigenvalue weighted by Gasteiger charge is -2.29. The van der Waals surface area contributed by atoms with Crippen molar-refractivity contribution in [1.29, 1.82) is 0 Å². The maximum absolute atomic E-state index is 14.2. The minimum absolute atomic E-state index is 0.0153. The van der Waals surface area contributed by atoms with E-state index in [4.69, 9.17) is 46.1 Å². The van der Waals surface area contributed by atoms with Gasteiger partial charge in [0.05, 0.1) is 44.3 Å². The molecule has 0 spiro atoms. The second-order valence-electron chi connectivity index (χ2n) is 7.17. The van der Waals surface area contributed by atoms with Gasteiger partial charge in [-0.15, -0.1) is 17.8 Å². The first kappa shape index (κ1) is 26.2. The zero-order valence-electron chi connectivity index (χ0n) is 17.3. The molecule has 0 saturated heterocycles. The van der Waals surface area contributed by atoms with Gasteiger partial charge in [0.2, 0.25) is 5.91 Å². The molecule has 2 N–H and O–H groups in total. The van der Waals surface area contributed by atoms with Crippen LogP contribution in [0.4, 0.5) is 13.2 Å². The van der Waals surface area contributed by atoms with Crippen molar-refractivity contribution in [2.24, 2.45) is 5.16 Å². The monoisotopic (exact) mass is 551 g/mol. The molecule has 13 heteroatoms. The van der Waals surface area contributed by atoms with E-state index < -0.39 is 30.0 Å². The Balaban J connectivity index is 1.84. The summed E-state index contributed by atoms with van der Waals surface area (Å²) in [5.74, 6) is 1.18. The van der Waals surface area contributed by atoms with Crippen molar-refractivity contribution in [3.63, 3.8) is 0 Å². The van der Waals surface area contributed by atoms with E-state index in [2.05, 4.69) is 21.7 Å². The predicted octanol–water partition coefficient (Wildman–Crippen LogP) is 5.08. The van der Waals surface area contributed by atoms with E-state index in [1.165, 1.54) is 6.07 Å². The van der Waals surface area contributed by atoms with Crippen LogP contribution in [0.2, 0.25) is 15.1 Å². The van der Waals surface area contributed by atoms with Crippen LogP contribution < -0.4 is 10.6 Å². The molecule has 0 bridgehead atoms. The van der Waals surface area contributed by atoms with Crippen LogP contribution in [0.25, 0.3) is 0 Å². The summed E-state index contributed by atoms with van der Waals surface area (Å²) in [5.41, 5.74) is -2.72. The third-order valence-corrected chi connectivity index (χ3v) is 7.32. The molecular formula is C21H15Cl3F3N3O3S. The molecule has 2 aromatic rings. The Labute approximate surface area is 211 Å². The third-order valence-electron chi connectivity index (χ3n) is 4.84. The zero-order chi connectivity index (χ0) is 25.3. The number of terminal acetylenes is 1. The van der Waals surface area contributed by atoms with Crippen molar-refractivity contribution in [3.05, 3.63) is 54.1 Å². The van der Waals surface area contributed by atoms with Gasteiger partial charge in [-0.1, -0.05) is 45.9 Å². The summed E-state index contributed by atoms with van der Waals surface area (Å²) in [6.45, 7) is 1.31. The van der Waals surface area contributed by atoms with E-state index in [-0.39, 0.29) is 44.3 Å². The van der Waals surface area contributed by atoms with Gasteiger partial charge in [-0.3, -0.25) is 9.59 Å². The first-order chi connectivity index (χ1) is 15.9. The molecule has 0 saturated carbocycles. The Kier molecular flexibility index (Phi) is 7.72. The Morgan fingerprint density at radius 1 is 1.24 bits per heavy atom. The lowest BCUT2D eigenvalue weighted by molar-refractivity contribution is -0.275. The first-order valence-corrected chi connectivity index (χ1v) is 11.4. The van der Waals surface area contributed by atoms with E-state index in [0.717, 1.165) is 23.5 Å². The highest BCUT2D eigenvalue weighted by atomic mass is 35.5. The van der Waals surface area contributed by atoms with Crippen LogP contribution in [-0.2, 0) is 15.2 Å². The van der Waals surface area contributed by atoms with Crippen LogP contribution in [0, 0.1) is 19.3 Å². The number of oxime groups is 1. The molecule has 1 atom stereocenters.